The highest BCUT2D eigenvalue weighted by atomic mass is 16.5. The predicted molar refractivity (Wildman–Crippen MR) is 73.8 cm³/mol. The molecule has 8 heteroatoms. The Labute approximate surface area is 117 Å². The van der Waals surface area contributed by atoms with E-state index in [1.807, 2.05) is 12.1 Å². The molecule has 0 saturated carbocycles. The summed E-state index contributed by atoms with van der Waals surface area (Å²) in [4.78, 5) is 25.2. The number of aromatic nitrogens is 6. The van der Waals surface area contributed by atoms with Crippen LogP contribution in [0.25, 0.3) is 28.2 Å². The van der Waals surface area contributed by atoms with Crippen LogP contribution >= 0.6 is 0 Å². The monoisotopic (exact) mass is 282 g/mol. The van der Waals surface area contributed by atoms with Crippen molar-refractivity contribution < 1.29 is 4.52 Å². The number of nitrogens with zero attached hydrogens (tertiary/aromatic N) is 6. The van der Waals surface area contributed by atoms with Gasteiger partial charge in [-0.15, -0.1) is 0 Å². The van der Waals surface area contributed by atoms with Crippen molar-refractivity contribution in [2.24, 2.45) is 7.05 Å². The molecule has 0 atom stereocenters. The third-order valence-corrected chi connectivity index (χ3v) is 3.36. The lowest BCUT2D eigenvalue weighted by atomic mass is 10.3. The van der Waals surface area contributed by atoms with Crippen LogP contribution < -0.4 is 5.56 Å². The molecule has 4 rings (SSSR count). The first kappa shape index (κ1) is 11.8. The van der Waals surface area contributed by atoms with E-state index in [0.29, 0.717) is 28.6 Å². The molecule has 0 aromatic carbocycles. The van der Waals surface area contributed by atoms with Gasteiger partial charge in [0.1, 0.15) is 17.5 Å². The quantitative estimate of drug-likeness (QED) is 0.516. The van der Waals surface area contributed by atoms with E-state index in [-0.39, 0.29) is 5.56 Å². The van der Waals surface area contributed by atoms with Crippen LogP contribution in [0.1, 0.15) is 5.89 Å². The summed E-state index contributed by atoms with van der Waals surface area (Å²) >= 11 is 0. The van der Waals surface area contributed by atoms with Crippen molar-refractivity contribution in [3.05, 3.63) is 40.9 Å². The molecule has 0 aliphatic carbocycles. The van der Waals surface area contributed by atoms with Crippen LogP contribution in [-0.2, 0) is 7.05 Å². The minimum absolute atomic E-state index is 0.212. The lowest BCUT2D eigenvalue weighted by Gasteiger charge is -2.06. The average molecular weight is 282 g/mol. The van der Waals surface area contributed by atoms with Gasteiger partial charge in [0.15, 0.2) is 5.65 Å². The van der Waals surface area contributed by atoms with Crippen LogP contribution in [0.3, 0.4) is 0 Å². The maximum atomic E-state index is 12.6. The summed E-state index contributed by atoms with van der Waals surface area (Å²) in [6.45, 7) is 1.69. The Morgan fingerprint density at radius 1 is 1.29 bits per heavy atom. The van der Waals surface area contributed by atoms with Gasteiger partial charge in [-0.05, 0) is 12.1 Å². The van der Waals surface area contributed by atoms with Gasteiger partial charge in [0, 0.05) is 20.2 Å². The van der Waals surface area contributed by atoms with Crippen LogP contribution in [0.5, 0.6) is 0 Å². The second-order valence-electron chi connectivity index (χ2n) is 4.66. The third-order valence-electron chi connectivity index (χ3n) is 3.36. The van der Waals surface area contributed by atoms with Gasteiger partial charge < -0.3 is 4.52 Å². The summed E-state index contributed by atoms with van der Waals surface area (Å²) in [5.74, 6) is 0.723. The van der Waals surface area contributed by atoms with E-state index in [0.717, 1.165) is 5.52 Å². The topological polar surface area (TPSA) is 91.1 Å². The number of fused-ring (bicyclic) bond motifs is 3. The molecule has 0 amide bonds. The summed E-state index contributed by atoms with van der Waals surface area (Å²) in [6.07, 6.45) is 3.22. The molecule has 0 radical (unpaired) electrons. The fraction of sp³-hybridized carbons (Fsp3) is 0.154. The van der Waals surface area contributed by atoms with Gasteiger partial charge in [0.2, 0.25) is 11.7 Å². The van der Waals surface area contributed by atoms with Crippen LogP contribution in [0.4, 0.5) is 0 Å². The molecular formula is C13H10N6O2. The van der Waals surface area contributed by atoms with Crippen molar-refractivity contribution in [1.82, 2.24) is 29.1 Å². The van der Waals surface area contributed by atoms with Gasteiger partial charge in [-0.25, -0.2) is 9.97 Å². The maximum absolute atomic E-state index is 12.6. The molecule has 8 nitrogen and oxygen atoms in total. The molecule has 0 N–H and O–H groups in total. The zero-order chi connectivity index (χ0) is 14.6. The number of rotatable bonds is 1. The van der Waals surface area contributed by atoms with Gasteiger partial charge in [-0.2, -0.15) is 4.98 Å². The van der Waals surface area contributed by atoms with Crippen molar-refractivity contribution in [3.63, 3.8) is 0 Å². The summed E-state index contributed by atoms with van der Waals surface area (Å²) in [5.41, 5.74) is 1.96. The molecule has 4 aromatic heterocycles. The normalized spacial score (nSPS) is 11.5. The number of imidazole rings is 1. The largest absolute Gasteiger partial charge is 0.339 e. The summed E-state index contributed by atoms with van der Waals surface area (Å²) < 4.78 is 8.15. The average Bonchev–Trinajstić information content (AvgIpc) is 3.11. The smallest absolute Gasteiger partial charge is 0.278 e. The first-order chi connectivity index (χ1) is 10.2. The first-order valence-electron chi connectivity index (χ1n) is 6.28. The van der Waals surface area contributed by atoms with Crippen molar-refractivity contribution in [2.45, 2.75) is 6.92 Å². The lowest BCUT2D eigenvalue weighted by molar-refractivity contribution is 0.394. The zero-order valence-corrected chi connectivity index (χ0v) is 11.3. The highest BCUT2D eigenvalue weighted by Crippen LogP contribution is 2.20. The highest BCUT2D eigenvalue weighted by Gasteiger charge is 2.19. The van der Waals surface area contributed by atoms with Crippen molar-refractivity contribution >= 4 is 16.7 Å². The SMILES string of the molecule is Cc1nc(-c2ncn3c2c(=O)n(C)c2ncccc23)no1. The second kappa shape index (κ2) is 3.98. The second-order valence-corrected chi connectivity index (χ2v) is 4.66. The molecule has 21 heavy (non-hydrogen) atoms. The van der Waals surface area contributed by atoms with Gasteiger partial charge >= 0.3 is 0 Å². The number of hydrogen-bond acceptors (Lipinski definition) is 6. The molecule has 0 spiro atoms. The van der Waals surface area contributed by atoms with Crippen molar-refractivity contribution in [1.29, 1.82) is 0 Å². The van der Waals surface area contributed by atoms with E-state index in [1.54, 1.807) is 30.9 Å². The Balaban J connectivity index is 2.20. The molecule has 0 aliphatic rings. The number of pyridine rings is 1. The molecule has 0 unspecified atom stereocenters. The molecule has 0 bridgehead atoms. The van der Waals surface area contributed by atoms with E-state index in [1.165, 1.54) is 4.57 Å². The van der Waals surface area contributed by atoms with Gasteiger partial charge in [0.25, 0.3) is 5.56 Å². The number of aryl methyl sites for hydroxylation is 2. The Hall–Kier alpha value is -3.03. The Kier molecular flexibility index (Phi) is 2.23. The standard InChI is InChI=1S/C13H10N6O2/c1-7-16-11(17-21-7)9-10-13(20)18(2)12-8(4-3-5-14-12)19(10)6-15-9/h3-6H,1-2H3. The van der Waals surface area contributed by atoms with Crippen LogP contribution in [0.15, 0.2) is 34.0 Å². The van der Waals surface area contributed by atoms with Gasteiger partial charge in [-0.3, -0.25) is 13.8 Å². The molecule has 4 aromatic rings. The summed E-state index contributed by atoms with van der Waals surface area (Å²) in [7, 11) is 1.68. The van der Waals surface area contributed by atoms with E-state index in [9.17, 15) is 4.79 Å². The fourth-order valence-corrected chi connectivity index (χ4v) is 2.38. The van der Waals surface area contributed by atoms with Crippen LogP contribution in [0.2, 0.25) is 0 Å². The van der Waals surface area contributed by atoms with E-state index in [2.05, 4.69) is 20.1 Å². The van der Waals surface area contributed by atoms with Gasteiger partial charge in [0.05, 0.1) is 5.52 Å². The Morgan fingerprint density at radius 3 is 2.90 bits per heavy atom. The van der Waals surface area contributed by atoms with Crippen LogP contribution in [0, 0.1) is 6.92 Å². The Bertz CT molecular complexity index is 1040. The summed E-state index contributed by atoms with van der Waals surface area (Å²) in [5, 5.41) is 3.83. The molecule has 4 heterocycles. The Morgan fingerprint density at radius 2 is 2.14 bits per heavy atom. The van der Waals surface area contributed by atoms with Gasteiger partial charge in [-0.1, -0.05) is 5.16 Å². The van der Waals surface area contributed by atoms with Crippen molar-refractivity contribution in [2.75, 3.05) is 0 Å². The molecule has 0 fully saturated rings. The lowest BCUT2D eigenvalue weighted by Crippen LogP contribution is -2.20. The van der Waals surface area contributed by atoms with Crippen molar-refractivity contribution in [3.8, 4) is 11.5 Å². The predicted octanol–water partition coefficient (Wildman–Crippen LogP) is 0.940. The highest BCUT2D eigenvalue weighted by molar-refractivity contribution is 5.81. The molecular weight excluding hydrogens is 272 g/mol. The molecule has 104 valence electrons. The first-order valence-corrected chi connectivity index (χ1v) is 6.28. The molecule has 0 saturated heterocycles. The third kappa shape index (κ3) is 1.52. The maximum Gasteiger partial charge on any atom is 0.278 e. The zero-order valence-electron chi connectivity index (χ0n) is 11.3. The minimum atomic E-state index is -0.212. The van der Waals surface area contributed by atoms with E-state index in [4.69, 9.17) is 4.52 Å². The fourth-order valence-electron chi connectivity index (χ4n) is 2.38. The van der Waals surface area contributed by atoms with E-state index >= 15 is 0 Å². The molecule has 0 aliphatic heterocycles. The van der Waals surface area contributed by atoms with E-state index < -0.39 is 0 Å². The van der Waals surface area contributed by atoms with Crippen LogP contribution in [-0.4, -0.2) is 29.1 Å². The summed E-state index contributed by atoms with van der Waals surface area (Å²) in [6, 6.07) is 3.69. The number of hydrogen-bond donors (Lipinski definition) is 0. The minimum Gasteiger partial charge on any atom is -0.339 e.